The number of carbonyl (C=O) groups excluding carboxylic acids is 6. The lowest BCUT2D eigenvalue weighted by Gasteiger charge is -2.26. The van der Waals surface area contributed by atoms with Gasteiger partial charge < -0.3 is 52.7 Å². The largest absolute Gasteiger partial charge is 0.480 e. The second kappa shape index (κ2) is 19.0. The van der Waals surface area contributed by atoms with Gasteiger partial charge in [0.05, 0.1) is 25.2 Å². The van der Waals surface area contributed by atoms with Crippen LogP contribution in [0.15, 0.2) is 0 Å². The first-order valence-corrected chi connectivity index (χ1v) is 15.8. The van der Waals surface area contributed by atoms with E-state index in [1.807, 2.05) is 13.8 Å². The number of likely N-dealkylation sites (tertiary alicyclic amines) is 1. The maximum absolute atomic E-state index is 13.0. The van der Waals surface area contributed by atoms with E-state index in [0.717, 1.165) is 0 Å². The van der Waals surface area contributed by atoms with Crippen LogP contribution in [0.3, 0.4) is 0 Å². The first-order valence-electron chi connectivity index (χ1n) is 15.8. The van der Waals surface area contributed by atoms with E-state index >= 15 is 0 Å². The van der Waals surface area contributed by atoms with Gasteiger partial charge in [0.2, 0.25) is 35.4 Å². The number of carboxylic acids is 1. The van der Waals surface area contributed by atoms with Crippen molar-refractivity contribution in [1.82, 2.24) is 36.8 Å². The summed E-state index contributed by atoms with van der Waals surface area (Å²) < 4.78 is 0. The Balaban J connectivity index is 1.85. The first-order chi connectivity index (χ1) is 21.7. The molecule has 0 radical (unpaired) electrons. The molecule has 0 aromatic heterocycles. The maximum atomic E-state index is 13.0. The molecule has 2 heterocycles. The van der Waals surface area contributed by atoms with Crippen LogP contribution in [0.1, 0.15) is 65.7 Å². The number of unbranched alkanes of at least 4 members (excludes halogenated alkanes) is 1. The van der Waals surface area contributed by atoms with Crippen LogP contribution in [0.4, 0.5) is 0 Å². The SMILES string of the molecule is CC(C)C[C@H](NC(=O)CNC(=O)[C@@H]1C[C@@H](O)CN1)C(=O)N[C@@H](C)C(=O)NCC(=O)N1CCC[C@H]1C(=O)N[C@@H](CCCCN)C(=O)O. The molecule has 2 aliphatic heterocycles. The van der Waals surface area contributed by atoms with E-state index in [1.165, 1.54) is 11.8 Å². The predicted molar refractivity (Wildman–Crippen MR) is 165 cm³/mol. The Hall–Kier alpha value is -3.83. The van der Waals surface area contributed by atoms with Crippen molar-refractivity contribution < 1.29 is 43.8 Å². The number of amides is 6. The van der Waals surface area contributed by atoms with Gasteiger partial charge in [-0.15, -0.1) is 0 Å². The van der Waals surface area contributed by atoms with E-state index in [2.05, 4.69) is 31.9 Å². The highest BCUT2D eigenvalue weighted by Gasteiger charge is 2.36. The lowest BCUT2D eigenvalue weighted by Crippen LogP contribution is -2.56. The van der Waals surface area contributed by atoms with Crippen molar-refractivity contribution in [2.24, 2.45) is 11.7 Å². The fourth-order valence-electron chi connectivity index (χ4n) is 5.31. The number of β-amino-alcohol motifs (C(OH)–C–C–N with tert-alkyl or cyclic N) is 1. The Bertz CT molecular complexity index is 1100. The minimum atomic E-state index is -1.18. The molecule has 2 saturated heterocycles. The summed E-state index contributed by atoms with van der Waals surface area (Å²) >= 11 is 0. The van der Waals surface area contributed by atoms with E-state index in [0.29, 0.717) is 32.2 Å². The van der Waals surface area contributed by atoms with Crippen LogP contribution in [0.2, 0.25) is 0 Å². The van der Waals surface area contributed by atoms with Gasteiger partial charge in [0, 0.05) is 13.1 Å². The second-order valence-electron chi connectivity index (χ2n) is 12.2. The summed E-state index contributed by atoms with van der Waals surface area (Å²) in [5.41, 5.74) is 5.46. The smallest absolute Gasteiger partial charge is 0.326 e. The molecule has 10 N–H and O–H groups in total. The number of hydrogen-bond donors (Lipinski definition) is 9. The quantitative estimate of drug-likeness (QED) is 0.0660. The Labute approximate surface area is 268 Å². The number of aliphatic carboxylic acids is 1. The summed E-state index contributed by atoms with van der Waals surface area (Å²) in [5, 5.41) is 34.4. The first kappa shape index (κ1) is 38.4. The molecule has 6 amide bonds. The number of carboxylic acid groups (broad SMARTS) is 1. The molecule has 17 nitrogen and oxygen atoms in total. The molecule has 2 rings (SSSR count). The number of hydrogen-bond acceptors (Lipinski definition) is 10. The summed E-state index contributed by atoms with van der Waals surface area (Å²) in [6.45, 7) is 5.24. The zero-order valence-electron chi connectivity index (χ0n) is 26.8. The second-order valence-corrected chi connectivity index (χ2v) is 12.2. The van der Waals surface area contributed by atoms with Gasteiger partial charge in [-0.1, -0.05) is 13.8 Å². The normalized spacial score (nSPS) is 21.2. The Morgan fingerprint density at radius 1 is 0.913 bits per heavy atom. The van der Waals surface area contributed by atoms with E-state index < -0.39 is 84.3 Å². The average Bonchev–Trinajstić information content (AvgIpc) is 3.67. The van der Waals surface area contributed by atoms with E-state index in [9.17, 15) is 43.8 Å². The van der Waals surface area contributed by atoms with Crippen LogP contribution in [-0.2, 0) is 33.6 Å². The lowest BCUT2D eigenvalue weighted by molar-refractivity contribution is -0.144. The van der Waals surface area contributed by atoms with E-state index in [-0.39, 0.29) is 44.8 Å². The van der Waals surface area contributed by atoms with Crippen molar-refractivity contribution in [3.63, 3.8) is 0 Å². The minimum absolute atomic E-state index is 0.00102. The number of rotatable bonds is 18. The Kier molecular flexibility index (Phi) is 15.8. The van der Waals surface area contributed by atoms with E-state index in [4.69, 9.17) is 5.73 Å². The van der Waals surface area contributed by atoms with Crippen molar-refractivity contribution in [2.45, 2.75) is 102 Å². The van der Waals surface area contributed by atoms with Crippen LogP contribution < -0.4 is 37.6 Å². The molecule has 260 valence electrons. The molecule has 17 heteroatoms. The zero-order valence-corrected chi connectivity index (χ0v) is 26.8. The van der Waals surface area contributed by atoms with Gasteiger partial charge in [-0.05, 0) is 64.3 Å². The maximum Gasteiger partial charge on any atom is 0.326 e. The molecular weight excluding hydrogens is 604 g/mol. The van der Waals surface area contributed by atoms with Crippen LogP contribution >= 0.6 is 0 Å². The number of aliphatic hydroxyl groups is 1. The topological polar surface area (TPSA) is 261 Å². The number of carbonyl (C=O) groups is 7. The monoisotopic (exact) mass is 654 g/mol. The number of nitrogens with one attached hydrogen (secondary N) is 6. The molecule has 0 aliphatic carbocycles. The third-order valence-corrected chi connectivity index (χ3v) is 7.81. The minimum Gasteiger partial charge on any atom is -0.480 e. The molecule has 46 heavy (non-hydrogen) atoms. The third-order valence-electron chi connectivity index (χ3n) is 7.81. The predicted octanol–water partition coefficient (Wildman–Crippen LogP) is -3.33. The molecule has 0 unspecified atom stereocenters. The van der Waals surface area contributed by atoms with Crippen LogP contribution in [-0.4, -0.2) is 126 Å². The highest BCUT2D eigenvalue weighted by atomic mass is 16.4. The molecular formula is C29H50N8O9. The van der Waals surface area contributed by atoms with Crippen molar-refractivity contribution >= 4 is 41.4 Å². The van der Waals surface area contributed by atoms with Gasteiger partial charge in [-0.3, -0.25) is 28.8 Å². The lowest BCUT2D eigenvalue weighted by atomic mass is 10.0. The summed E-state index contributed by atoms with van der Waals surface area (Å²) in [5.74, 6) is -4.63. The number of nitrogens with two attached hydrogens (primary N) is 1. The van der Waals surface area contributed by atoms with Gasteiger partial charge in [0.25, 0.3) is 0 Å². The standard InChI is InChI=1S/C29H50N8O9/c1-16(2)11-21(35-23(39)14-32-26(42)20-12-18(38)13-31-20)27(43)34-17(3)25(41)33-15-24(40)37-10-6-8-22(37)28(44)36-19(29(45)46)7-4-5-9-30/h16-22,31,38H,4-15,30H2,1-3H3,(H,32,42)(H,33,41)(H,34,43)(H,35,39)(H,36,44)(H,45,46)/t17-,18+,19-,20-,21-,22-/m0/s1. The average molecular weight is 655 g/mol. The number of aliphatic hydroxyl groups excluding tert-OH is 1. The Morgan fingerprint density at radius 3 is 2.24 bits per heavy atom. The fourth-order valence-corrected chi connectivity index (χ4v) is 5.31. The molecule has 0 spiro atoms. The highest BCUT2D eigenvalue weighted by molar-refractivity contribution is 5.95. The van der Waals surface area contributed by atoms with Gasteiger partial charge in [-0.2, -0.15) is 0 Å². The summed E-state index contributed by atoms with van der Waals surface area (Å²) in [7, 11) is 0. The van der Waals surface area contributed by atoms with Gasteiger partial charge >= 0.3 is 5.97 Å². The summed E-state index contributed by atoms with van der Waals surface area (Å²) in [6.07, 6.45) is 2.07. The number of nitrogens with zero attached hydrogens (tertiary/aromatic N) is 1. The zero-order chi connectivity index (χ0) is 34.4. The molecule has 0 aromatic carbocycles. The molecule has 2 fully saturated rings. The molecule has 0 aromatic rings. The van der Waals surface area contributed by atoms with Crippen LogP contribution in [0.5, 0.6) is 0 Å². The fraction of sp³-hybridized carbons (Fsp3) is 0.759. The van der Waals surface area contributed by atoms with Crippen molar-refractivity contribution in [3.8, 4) is 0 Å². The van der Waals surface area contributed by atoms with Gasteiger partial charge in [0.15, 0.2) is 0 Å². The van der Waals surface area contributed by atoms with Gasteiger partial charge in [-0.25, -0.2) is 4.79 Å². The third kappa shape index (κ3) is 12.5. The van der Waals surface area contributed by atoms with Crippen molar-refractivity contribution in [2.75, 3.05) is 32.7 Å². The molecule has 0 saturated carbocycles. The summed E-state index contributed by atoms with van der Waals surface area (Å²) in [4.78, 5) is 89.1. The van der Waals surface area contributed by atoms with Crippen molar-refractivity contribution in [1.29, 1.82) is 0 Å². The highest BCUT2D eigenvalue weighted by Crippen LogP contribution is 2.18. The van der Waals surface area contributed by atoms with Crippen LogP contribution in [0.25, 0.3) is 0 Å². The Morgan fingerprint density at radius 2 is 1.63 bits per heavy atom. The molecule has 6 atom stereocenters. The van der Waals surface area contributed by atoms with Crippen molar-refractivity contribution in [3.05, 3.63) is 0 Å². The van der Waals surface area contributed by atoms with Crippen LogP contribution in [0, 0.1) is 5.92 Å². The molecule has 2 aliphatic rings. The van der Waals surface area contributed by atoms with Gasteiger partial charge in [0.1, 0.15) is 24.2 Å². The summed E-state index contributed by atoms with van der Waals surface area (Å²) in [6, 6.07) is -4.66. The van der Waals surface area contributed by atoms with E-state index in [1.54, 1.807) is 0 Å². The molecule has 0 bridgehead atoms.